The maximum Gasteiger partial charge on any atom is 0.328 e. The topological polar surface area (TPSA) is 292 Å². The Hall–Kier alpha value is -3.38. The van der Waals surface area contributed by atoms with E-state index in [1.54, 1.807) is 5.32 Å². The van der Waals surface area contributed by atoms with Gasteiger partial charge in [0.25, 0.3) is 11.8 Å². The second-order valence-corrected chi connectivity index (χ2v) is 12.1. The molecule has 0 aromatic rings. The molecule has 0 bridgehead atoms. The first-order valence-electron chi connectivity index (χ1n) is 17.2. The van der Waals surface area contributed by atoms with Gasteiger partial charge in [-0.2, -0.15) is 0 Å². The van der Waals surface area contributed by atoms with Crippen molar-refractivity contribution in [2.24, 2.45) is 0 Å². The summed E-state index contributed by atoms with van der Waals surface area (Å²) in [6.07, 6.45) is 5.20. The zero-order valence-corrected chi connectivity index (χ0v) is 28.5. The van der Waals surface area contributed by atoms with E-state index in [0.29, 0.717) is 6.42 Å². The normalized spacial score (nSPS) is 14.8. The Balaban J connectivity index is 4.25. The van der Waals surface area contributed by atoms with Crippen molar-refractivity contribution in [1.29, 1.82) is 0 Å². The second kappa shape index (κ2) is 27.4. The van der Waals surface area contributed by atoms with Crippen LogP contribution in [-0.2, 0) is 28.8 Å². The maximum atomic E-state index is 12.2. The highest BCUT2D eigenvalue weighted by atomic mass is 16.4. The Kier molecular flexibility index (Phi) is 25.6. The molecule has 0 aliphatic heterocycles. The number of rotatable bonds is 30. The molecule has 6 atom stereocenters. The van der Waals surface area contributed by atoms with E-state index in [1.165, 1.54) is 57.8 Å². The SMILES string of the molecule is CCCCCCCCCCCCCCCC(=O)NC(CCC(=O)NCCNC(=O)C(O)C(O)C(O)C(O)C(=O)NC(CO)C(=O)O)C(=O)O. The van der Waals surface area contributed by atoms with Crippen LogP contribution in [0.2, 0.25) is 0 Å². The lowest BCUT2D eigenvalue weighted by Gasteiger charge is -2.26. The number of aliphatic hydroxyl groups is 5. The van der Waals surface area contributed by atoms with Crippen LogP contribution in [0.4, 0.5) is 0 Å². The minimum atomic E-state index is -2.47. The summed E-state index contributed by atoms with van der Waals surface area (Å²) in [5.41, 5.74) is 0. The second-order valence-electron chi connectivity index (χ2n) is 12.1. The summed E-state index contributed by atoms with van der Waals surface area (Å²) in [5, 5.41) is 75.5. The molecule has 49 heavy (non-hydrogen) atoms. The largest absolute Gasteiger partial charge is 0.480 e. The van der Waals surface area contributed by atoms with Crippen molar-refractivity contribution in [3.63, 3.8) is 0 Å². The molecule has 0 spiro atoms. The number of aliphatic carboxylic acids is 2. The Morgan fingerprint density at radius 3 is 1.45 bits per heavy atom. The number of nitrogens with one attached hydrogen (secondary N) is 4. The van der Waals surface area contributed by atoms with Gasteiger partial charge in [-0.25, -0.2) is 9.59 Å². The lowest BCUT2D eigenvalue weighted by Crippen LogP contribution is -2.56. The Labute approximate surface area is 287 Å². The number of carbonyl (C=O) groups is 6. The molecule has 0 saturated carbocycles. The molecule has 0 heterocycles. The van der Waals surface area contributed by atoms with Gasteiger partial charge in [0.2, 0.25) is 11.8 Å². The van der Waals surface area contributed by atoms with Gasteiger partial charge in [0.05, 0.1) is 6.61 Å². The summed E-state index contributed by atoms with van der Waals surface area (Å²) in [7, 11) is 0. The summed E-state index contributed by atoms with van der Waals surface area (Å²) in [6.45, 7) is 0.719. The van der Waals surface area contributed by atoms with E-state index >= 15 is 0 Å². The van der Waals surface area contributed by atoms with Gasteiger partial charge >= 0.3 is 11.9 Å². The third-order valence-electron chi connectivity index (χ3n) is 7.88. The maximum absolute atomic E-state index is 12.2. The monoisotopic (exact) mass is 706 g/mol. The number of carboxylic acid groups (broad SMARTS) is 2. The molecule has 0 aromatic carbocycles. The fourth-order valence-corrected chi connectivity index (χ4v) is 4.81. The minimum absolute atomic E-state index is 0.178. The van der Waals surface area contributed by atoms with Crippen molar-refractivity contribution >= 4 is 35.6 Å². The van der Waals surface area contributed by atoms with E-state index < -0.39 is 78.7 Å². The predicted octanol–water partition coefficient (Wildman–Crippen LogP) is -0.945. The van der Waals surface area contributed by atoms with Gasteiger partial charge in [0.1, 0.15) is 24.3 Å². The van der Waals surface area contributed by atoms with Crippen LogP contribution in [0.5, 0.6) is 0 Å². The Morgan fingerprint density at radius 2 is 0.980 bits per heavy atom. The van der Waals surface area contributed by atoms with Gasteiger partial charge in [0, 0.05) is 25.9 Å². The van der Waals surface area contributed by atoms with Gasteiger partial charge in [-0.15, -0.1) is 0 Å². The van der Waals surface area contributed by atoms with E-state index in [9.17, 15) is 54.3 Å². The molecule has 0 aliphatic carbocycles. The van der Waals surface area contributed by atoms with Crippen LogP contribution in [0.1, 0.15) is 110 Å². The molecule has 0 rings (SSSR count). The van der Waals surface area contributed by atoms with Crippen LogP contribution < -0.4 is 21.3 Å². The summed E-state index contributed by atoms with van der Waals surface area (Å²) >= 11 is 0. The number of unbranched alkanes of at least 4 members (excludes halogenated alkanes) is 12. The van der Waals surface area contributed by atoms with Crippen molar-refractivity contribution in [2.45, 2.75) is 146 Å². The smallest absolute Gasteiger partial charge is 0.328 e. The zero-order chi connectivity index (χ0) is 37.2. The molecule has 6 unspecified atom stereocenters. The molecule has 0 saturated heterocycles. The quantitative estimate of drug-likeness (QED) is 0.0403. The molecule has 0 radical (unpaired) electrons. The first kappa shape index (κ1) is 45.6. The van der Waals surface area contributed by atoms with E-state index in [2.05, 4.69) is 22.9 Å². The summed E-state index contributed by atoms with van der Waals surface area (Å²) < 4.78 is 0. The Morgan fingerprint density at radius 1 is 0.531 bits per heavy atom. The van der Waals surface area contributed by atoms with E-state index in [4.69, 9.17) is 10.2 Å². The van der Waals surface area contributed by atoms with Crippen LogP contribution in [0, 0.1) is 0 Å². The van der Waals surface area contributed by atoms with E-state index in [0.717, 1.165) is 19.3 Å². The predicted molar refractivity (Wildman–Crippen MR) is 176 cm³/mol. The first-order chi connectivity index (χ1) is 23.3. The zero-order valence-electron chi connectivity index (χ0n) is 28.5. The van der Waals surface area contributed by atoms with Gasteiger partial charge < -0.3 is 57.0 Å². The lowest BCUT2D eigenvalue weighted by atomic mass is 10.0. The number of hydrogen-bond acceptors (Lipinski definition) is 11. The molecular weight excluding hydrogens is 648 g/mol. The molecule has 4 amide bonds. The lowest BCUT2D eigenvalue weighted by molar-refractivity contribution is -0.157. The van der Waals surface area contributed by atoms with Crippen molar-refractivity contribution in [3.8, 4) is 0 Å². The molecular formula is C32H58N4O13. The third-order valence-corrected chi connectivity index (χ3v) is 7.88. The van der Waals surface area contributed by atoms with Crippen molar-refractivity contribution in [2.75, 3.05) is 19.7 Å². The highest BCUT2D eigenvalue weighted by Gasteiger charge is 2.38. The number of hydrogen-bond donors (Lipinski definition) is 11. The number of carbonyl (C=O) groups excluding carboxylic acids is 4. The van der Waals surface area contributed by atoms with E-state index in [1.807, 2.05) is 0 Å². The van der Waals surface area contributed by atoms with Gasteiger partial charge in [-0.1, -0.05) is 84.0 Å². The fourth-order valence-electron chi connectivity index (χ4n) is 4.81. The van der Waals surface area contributed by atoms with Crippen LogP contribution in [0.3, 0.4) is 0 Å². The molecule has 17 nitrogen and oxygen atoms in total. The standard InChI is InChI=1S/C32H58N4O13/c1-2-3-4-5-6-7-8-9-10-11-12-13-14-15-24(39)35-21(31(46)47)16-17-23(38)33-18-19-34-29(44)27(42)25(40)26(41)28(43)30(45)36-22(20-37)32(48)49/h21-22,25-28,37,40-43H,2-20H2,1H3,(H,33,38)(H,34,44)(H,35,39)(H,36,45)(H,46,47)(H,48,49). The molecule has 0 aliphatic rings. The van der Waals surface area contributed by atoms with Crippen LogP contribution in [-0.4, -0.2) is 128 Å². The fraction of sp³-hybridized carbons (Fsp3) is 0.812. The van der Waals surface area contributed by atoms with Crippen molar-refractivity contribution in [1.82, 2.24) is 21.3 Å². The third kappa shape index (κ3) is 21.3. The average Bonchev–Trinajstić information content (AvgIpc) is 3.07. The molecule has 11 N–H and O–H groups in total. The summed E-state index contributed by atoms with van der Waals surface area (Å²) in [6, 6.07) is -3.08. The van der Waals surface area contributed by atoms with Crippen LogP contribution >= 0.6 is 0 Å². The van der Waals surface area contributed by atoms with Gasteiger partial charge in [-0.05, 0) is 12.8 Å². The summed E-state index contributed by atoms with van der Waals surface area (Å²) in [5.74, 6) is -6.67. The van der Waals surface area contributed by atoms with Crippen molar-refractivity contribution in [3.05, 3.63) is 0 Å². The summed E-state index contributed by atoms with van der Waals surface area (Å²) in [4.78, 5) is 70.8. The number of carboxylic acids is 2. The highest BCUT2D eigenvalue weighted by molar-refractivity contribution is 5.87. The molecule has 284 valence electrons. The molecule has 0 fully saturated rings. The minimum Gasteiger partial charge on any atom is -0.480 e. The van der Waals surface area contributed by atoms with E-state index in [-0.39, 0.29) is 32.4 Å². The molecule has 17 heteroatoms. The average molecular weight is 707 g/mol. The number of aliphatic hydroxyl groups excluding tert-OH is 5. The first-order valence-corrected chi connectivity index (χ1v) is 17.2. The van der Waals surface area contributed by atoms with Crippen molar-refractivity contribution < 1.29 is 64.5 Å². The van der Waals surface area contributed by atoms with Gasteiger partial charge in [0.15, 0.2) is 12.2 Å². The number of amides is 4. The van der Waals surface area contributed by atoms with Gasteiger partial charge in [-0.3, -0.25) is 19.2 Å². The van der Waals surface area contributed by atoms with Crippen LogP contribution in [0.25, 0.3) is 0 Å². The Bertz CT molecular complexity index is 1000. The van der Waals surface area contributed by atoms with Crippen LogP contribution in [0.15, 0.2) is 0 Å². The molecule has 0 aromatic heterocycles. The highest BCUT2D eigenvalue weighted by Crippen LogP contribution is 2.13.